The number of benzene rings is 3. The van der Waals surface area contributed by atoms with Gasteiger partial charge in [-0.05, 0) is 65.9 Å². The Hall–Kier alpha value is -4.62. The predicted molar refractivity (Wildman–Crippen MR) is 145 cm³/mol. The molecule has 3 N–H and O–H groups in total. The van der Waals surface area contributed by atoms with Gasteiger partial charge in [-0.3, -0.25) is 14.4 Å². The van der Waals surface area contributed by atoms with Crippen LogP contribution in [0, 0.1) is 5.82 Å². The molecule has 0 unspecified atom stereocenters. The first-order valence-electron chi connectivity index (χ1n) is 13.2. The molecule has 0 saturated carbocycles. The van der Waals surface area contributed by atoms with Crippen LogP contribution in [0.5, 0.6) is 5.75 Å². The van der Waals surface area contributed by atoms with Gasteiger partial charge in [0.1, 0.15) is 11.6 Å². The number of ether oxygens (including phenoxy) is 1. The first kappa shape index (κ1) is 33.9. The van der Waals surface area contributed by atoms with Gasteiger partial charge in [0.15, 0.2) is 0 Å². The van der Waals surface area contributed by atoms with Crippen molar-refractivity contribution in [1.82, 2.24) is 5.32 Å². The lowest BCUT2D eigenvalue weighted by atomic mass is 9.78. The Balaban J connectivity index is 1.98. The van der Waals surface area contributed by atoms with Crippen molar-refractivity contribution >= 4 is 23.5 Å². The molecule has 44 heavy (non-hydrogen) atoms. The maximum Gasteiger partial charge on any atom is 0.573 e. The van der Waals surface area contributed by atoms with Gasteiger partial charge in [0.25, 0.3) is 5.91 Å². The van der Waals surface area contributed by atoms with Crippen molar-refractivity contribution in [2.24, 2.45) is 0 Å². The smallest absolute Gasteiger partial charge is 0.481 e. The summed E-state index contributed by atoms with van der Waals surface area (Å²) in [5, 5.41) is 13.5. The molecule has 14 heteroatoms. The number of alkyl halides is 6. The predicted octanol–water partition coefficient (Wildman–Crippen LogP) is 7.25. The van der Waals surface area contributed by atoms with E-state index < -0.39 is 65.0 Å². The normalized spacial score (nSPS) is 13.1. The fourth-order valence-corrected chi connectivity index (χ4v) is 4.55. The van der Waals surface area contributed by atoms with Crippen LogP contribution in [0.1, 0.15) is 65.1 Å². The Morgan fingerprint density at radius 2 is 1.50 bits per heavy atom. The molecule has 0 radical (unpaired) electrons. The summed E-state index contributed by atoms with van der Waals surface area (Å²) in [5.41, 5.74) is -0.874. The molecule has 0 aliphatic carbocycles. The summed E-state index contributed by atoms with van der Waals surface area (Å²) >= 11 is 0. The van der Waals surface area contributed by atoms with E-state index in [1.54, 1.807) is 12.1 Å². The van der Waals surface area contributed by atoms with E-state index in [1.807, 2.05) is 6.92 Å². The molecule has 2 amide bonds. The largest absolute Gasteiger partial charge is 0.573 e. The van der Waals surface area contributed by atoms with Crippen molar-refractivity contribution in [3.05, 3.63) is 94.8 Å². The molecule has 0 aromatic heterocycles. The summed E-state index contributed by atoms with van der Waals surface area (Å²) in [4.78, 5) is 36.8. The Kier molecular flexibility index (Phi) is 11.0. The number of aliphatic carboxylic acids is 1. The summed E-state index contributed by atoms with van der Waals surface area (Å²) in [6.07, 6.45) is -9.23. The van der Waals surface area contributed by atoms with Crippen LogP contribution >= 0.6 is 0 Å². The van der Waals surface area contributed by atoms with Gasteiger partial charge < -0.3 is 20.5 Å². The zero-order chi connectivity index (χ0) is 32.7. The lowest BCUT2D eigenvalue weighted by Crippen LogP contribution is -2.28. The van der Waals surface area contributed by atoms with E-state index in [-0.39, 0.29) is 30.2 Å². The van der Waals surface area contributed by atoms with E-state index in [0.717, 1.165) is 18.2 Å². The van der Waals surface area contributed by atoms with Crippen molar-refractivity contribution in [2.75, 3.05) is 11.9 Å². The Morgan fingerprint density at radius 3 is 2.02 bits per heavy atom. The zero-order valence-electron chi connectivity index (χ0n) is 23.1. The van der Waals surface area contributed by atoms with Gasteiger partial charge in [-0.15, -0.1) is 13.2 Å². The maximum absolute atomic E-state index is 14.6. The summed E-state index contributed by atoms with van der Waals surface area (Å²) < 4.78 is 95.7. The molecule has 236 valence electrons. The van der Waals surface area contributed by atoms with Crippen LogP contribution in [-0.4, -0.2) is 35.8 Å². The second kappa shape index (κ2) is 14.2. The lowest BCUT2D eigenvalue weighted by molar-refractivity contribution is -0.274. The molecule has 0 spiro atoms. The summed E-state index contributed by atoms with van der Waals surface area (Å²) in [7, 11) is 0. The first-order chi connectivity index (χ1) is 20.6. The van der Waals surface area contributed by atoms with Crippen molar-refractivity contribution in [2.45, 2.75) is 50.6 Å². The standard InChI is InChI=1S/C30H27F7N2O5/c1-2-3-22(17-4-6-19(7-5-17)27(42)38-15-14-25(40)41)26(18-8-11-21(12-9-18)44-30(35,36)37)28(43)39-24-13-10-20(16-23(24)31)29(32,33)34/h4-13,16,22,26H,2-3,14-15H2,1H3,(H,38,42)(H,39,43)(H,40,41)/t22-,26+/m1/s1. The van der Waals surface area contributed by atoms with Crippen molar-refractivity contribution in [3.63, 3.8) is 0 Å². The summed E-state index contributed by atoms with van der Waals surface area (Å²) in [6, 6.07) is 12.0. The number of hydrogen-bond donors (Lipinski definition) is 3. The number of hydrogen-bond acceptors (Lipinski definition) is 4. The molecule has 3 aromatic carbocycles. The molecule has 3 aromatic rings. The quantitative estimate of drug-likeness (QED) is 0.183. The van der Waals surface area contributed by atoms with E-state index in [4.69, 9.17) is 5.11 Å². The molecular weight excluding hydrogens is 601 g/mol. The molecule has 2 atom stereocenters. The lowest BCUT2D eigenvalue weighted by Gasteiger charge is -2.28. The minimum Gasteiger partial charge on any atom is -0.481 e. The number of rotatable bonds is 12. The van der Waals surface area contributed by atoms with E-state index in [2.05, 4.69) is 15.4 Å². The highest BCUT2D eigenvalue weighted by atomic mass is 19.4. The second-order valence-corrected chi connectivity index (χ2v) is 9.69. The highest BCUT2D eigenvalue weighted by molar-refractivity contribution is 5.97. The Bertz CT molecular complexity index is 1460. The Morgan fingerprint density at radius 1 is 0.886 bits per heavy atom. The third kappa shape index (κ3) is 9.44. The number of carboxylic acids is 1. The zero-order valence-corrected chi connectivity index (χ0v) is 23.1. The third-order valence-electron chi connectivity index (χ3n) is 6.54. The highest BCUT2D eigenvalue weighted by Gasteiger charge is 2.35. The molecule has 0 aliphatic rings. The van der Waals surface area contributed by atoms with E-state index in [1.165, 1.54) is 24.3 Å². The molecule has 7 nitrogen and oxygen atoms in total. The molecule has 0 bridgehead atoms. The van der Waals surface area contributed by atoms with Crippen molar-refractivity contribution < 1.29 is 55.0 Å². The van der Waals surface area contributed by atoms with Gasteiger partial charge in [-0.1, -0.05) is 37.6 Å². The molecular formula is C30H27F7N2O5. The van der Waals surface area contributed by atoms with Gasteiger partial charge in [0, 0.05) is 12.1 Å². The topological polar surface area (TPSA) is 105 Å². The third-order valence-corrected chi connectivity index (χ3v) is 6.54. The SMILES string of the molecule is CCC[C@H](c1ccc(C(=O)NCCC(=O)O)cc1)[C@@H](C(=O)Nc1ccc(C(F)(F)F)cc1F)c1ccc(OC(F)(F)F)cc1. The Labute approximate surface area is 247 Å². The number of halogens is 7. The van der Waals surface area contributed by atoms with Crippen LogP contribution in [0.3, 0.4) is 0 Å². The molecule has 0 aliphatic heterocycles. The minimum absolute atomic E-state index is 0.106. The van der Waals surface area contributed by atoms with Gasteiger partial charge in [0.05, 0.1) is 23.6 Å². The van der Waals surface area contributed by atoms with Crippen molar-refractivity contribution in [1.29, 1.82) is 0 Å². The summed E-state index contributed by atoms with van der Waals surface area (Å²) in [5.74, 6) is -6.24. The monoisotopic (exact) mass is 628 g/mol. The van der Waals surface area contributed by atoms with Crippen LogP contribution in [0.15, 0.2) is 66.7 Å². The van der Waals surface area contributed by atoms with Crippen LogP contribution in [0.2, 0.25) is 0 Å². The fraction of sp³-hybridized carbons (Fsp3) is 0.300. The van der Waals surface area contributed by atoms with E-state index >= 15 is 0 Å². The average molecular weight is 629 g/mol. The van der Waals surface area contributed by atoms with Crippen molar-refractivity contribution in [3.8, 4) is 5.75 Å². The molecule has 0 fully saturated rings. The fourth-order valence-electron chi connectivity index (χ4n) is 4.55. The number of carbonyl (C=O) groups excluding carboxylic acids is 2. The molecule has 0 heterocycles. The molecule has 3 rings (SSSR count). The minimum atomic E-state index is -4.97. The molecule has 0 saturated heterocycles. The van der Waals surface area contributed by atoms with Gasteiger partial charge in [-0.2, -0.15) is 13.2 Å². The number of nitrogens with one attached hydrogen (secondary N) is 2. The van der Waals surface area contributed by atoms with Gasteiger partial charge >= 0.3 is 18.5 Å². The van der Waals surface area contributed by atoms with E-state index in [9.17, 15) is 45.1 Å². The van der Waals surface area contributed by atoms with Crippen LogP contribution in [0.4, 0.5) is 36.4 Å². The number of anilines is 1. The first-order valence-corrected chi connectivity index (χ1v) is 13.2. The summed E-state index contributed by atoms with van der Waals surface area (Å²) in [6.45, 7) is 1.70. The maximum atomic E-state index is 14.6. The van der Waals surface area contributed by atoms with E-state index in [0.29, 0.717) is 24.5 Å². The number of carboxylic acid groups (broad SMARTS) is 1. The van der Waals surface area contributed by atoms with Crippen LogP contribution < -0.4 is 15.4 Å². The second-order valence-electron chi connectivity index (χ2n) is 9.69. The van der Waals surface area contributed by atoms with Gasteiger partial charge in [0.2, 0.25) is 5.91 Å². The van der Waals surface area contributed by atoms with Crippen LogP contribution in [-0.2, 0) is 15.8 Å². The van der Waals surface area contributed by atoms with Gasteiger partial charge in [-0.25, -0.2) is 4.39 Å². The van der Waals surface area contributed by atoms with Crippen LogP contribution in [0.25, 0.3) is 0 Å². The average Bonchev–Trinajstić information content (AvgIpc) is 2.93. The highest BCUT2D eigenvalue weighted by Crippen LogP contribution is 2.39. The number of amides is 2. The number of carbonyl (C=O) groups is 3.